The Bertz CT molecular complexity index is 726. The Morgan fingerprint density at radius 1 is 0.577 bits per heavy atom. The second-order valence-electron chi connectivity index (χ2n) is 7.61. The normalized spacial score (nSPS) is 11.8. The average Bonchev–Trinajstić information content (AvgIpc) is 3.31. The molecule has 0 atom stereocenters. The molecule has 0 amide bonds. The Balaban J connectivity index is 1.82. The molecule has 0 aliphatic carbocycles. The molecule has 0 unspecified atom stereocenters. The van der Waals surface area contributed by atoms with Gasteiger partial charge in [0.25, 0.3) is 0 Å². The van der Waals surface area contributed by atoms with Crippen molar-refractivity contribution in [2.24, 2.45) is 0 Å². The highest BCUT2D eigenvalue weighted by atomic mass is 32.1. The van der Waals surface area contributed by atoms with Crippen molar-refractivity contribution in [3.05, 3.63) is 34.0 Å². The molecular weight excluding hydrogens is 352 g/mol. The first-order valence-electron chi connectivity index (χ1n) is 10.7. The summed E-state index contributed by atoms with van der Waals surface area (Å²) in [7, 11) is 0. The fourth-order valence-corrected chi connectivity index (χ4v) is 6.19. The minimum atomic E-state index is 1.27. The third-order valence-corrected chi connectivity index (χ3v) is 7.60. The first-order chi connectivity index (χ1) is 12.9. The highest BCUT2D eigenvalue weighted by Gasteiger charge is 2.15. The van der Waals surface area contributed by atoms with Crippen molar-refractivity contribution in [2.45, 2.75) is 90.9 Å². The molecule has 2 heteroatoms. The second-order valence-corrected chi connectivity index (χ2v) is 9.44. The number of hydrogen-bond acceptors (Lipinski definition) is 2. The number of rotatable bonds is 12. The second kappa shape index (κ2) is 10.5. The van der Waals surface area contributed by atoms with E-state index in [0.717, 1.165) is 0 Å². The fourth-order valence-electron chi connectivity index (χ4n) is 4.15. The smallest absolute Gasteiger partial charge is 0.0523 e. The molecule has 0 nitrogen and oxygen atoms in total. The van der Waals surface area contributed by atoms with Crippen molar-refractivity contribution < 1.29 is 0 Å². The zero-order chi connectivity index (χ0) is 18.2. The van der Waals surface area contributed by atoms with E-state index in [9.17, 15) is 0 Å². The molecule has 0 saturated heterocycles. The molecule has 26 heavy (non-hydrogen) atoms. The lowest BCUT2D eigenvalue weighted by molar-refractivity contribution is 0.623. The maximum atomic E-state index is 2.39. The monoisotopic (exact) mass is 386 g/mol. The molecule has 0 N–H and O–H groups in total. The molecular formula is C24H34S2. The van der Waals surface area contributed by atoms with Crippen LogP contribution in [0.5, 0.6) is 0 Å². The fraction of sp³-hybridized carbons (Fsp3) is 0.583. The van der Waals surface area contributed by atoms with Gasteiger partial charge in [-0.25, -0.2) is 0 Å². The Morgan fingerprint density at radius 3 is 1.42 bits per heavy atom. The van der Waals surface area contributed by atoms with Crippen LogP contribution in [0.2, 0.25) is 0 Å². The van der Waals surface area contributed by atoms with Crippen molar-refractivity contribution in [1.82, 2.24) is 0 Å². The number of hydrogen-bond donors (Lipinski definition) is 0. The van der Waals surface area contributed by atoms with Crippen LogP contribution < -0.4 is 0 Å². The summed E-state index contributed by atoms with van der Waals surface area (Å²) >= 11 is 3.87. The molecule has 0 spiro atoms. The summed E-state index contributed by atoms with van der Waals surface area (Å²) in [5.41, 5.74) is 3.36. The van der Waals surface area contributed by atoms with Crippen molar-refractivity contribution in [2.75, 3.05) is 0 Å². The van der Waals surface area contributed by atoms with Gasteiger partial charge in [0.05, 0.1) is 9.40 Å². The minimum Gasteiger partial charge on any atom is -0.142 e. The highest BCUT2D eigenvalue weighted by Crippen LogP contribution is 2.40. The van der Waals surface area contributed by atoms with E-state index in [2.05, 4.69) is 36.7 Å². The van der Waals surface area contributed by atoms with Crippen LogP contribution in [0.25, 0.3) is 20.2 Å². The van der Waals surface area contributed by atoms with Crippen LogP contribution >= 0.6 is 22.7 Å². The number of thiophene rings is 2. The molecule has 0 aliphatic heterocycles. The summed E-state index contributed by atoms with van der Waals surface area (Å²) in [4.78, 5) is 0. The van der Waals surface area contributed by atoms with Gasteiger partial charge in [0.15, 0.2) is 0 Å². The van der Waals surface area contributed by atoms with Gasteiger partial charge < -0.3 is 0 Å². The van der Waals surface area contributed by atoms with Crippen LogP contribution in [0, 0.1) is 0 Å². The number of aryl methyl sites for hydroxylation is 2. The van der Waals surface area contributed by atoms with Crippen molar-refractivity contribution in [3.8, 4) is 0 Å². The third-order valence-electron chi connectivity index (χ3n) is 5.61. The number of fused-ring (bicyclic) bond motifs is 3. The standard InChI is InChI=1S/C24H34S2/c1-3-5-7-9-11-13-19-20(14-12-10-8-6-4-2)22-16-18-26-24(22)23-21(19)15-17-25-23/h15-18H,3-14H2,1-2H3. The van der Waals surface area contributed by atoms with Gasteiger partial charge in [-0.05, 0) is 70.5 Å². The first-order valence-corrected chi connectivity index (χ1v) is 12.5. The predicted octanol–water partition coefficient (Wildman–Crippen LogP) is 9.14. The van der Waals surface area contributed by atoms with Crippen molar-refractivity contribution in [1.29, 1.82) is 0 Å². The van der Waals surface area contributed by atoms with Crippen LogP contribution in [0.15, 0.2) is 22.9 Å². The summed E-state index contributed by atoms with van der Waals surface area (Å²) in [5.74, 6) is 0. The molecule has 142 valence electrons. The Hall–Kier alpha value is -0.860. The van der Waals surface area contributed by atoms with Gasteiger partial charge in [-0.2, -0.15) is 0 Å². The van der Waals surface area contributed by atoms with E-state index in [4.69, 9.17) is 0 Å². The topological polar surface area (TPSA) is 0 Å². The van der Waals surface area contributed by atoms with Gasteiger partial charge in [0.2, 0.25) is 0 Å². The van der Waals surface area contributed by atoms with E-state index in [1.807, 2.05) is 22.7 Å². The van der Waals surface area contributed by atoms with Gasteiger partial charge in [0.1, 0.15) is 0 Å². The Kier molecular flexibility index (Phi) is 8.01. The SMILES string of the molecule is CCCCCCCc1c(CCCCCCC)c2ccsc2c2sccc12. The summed E-state index contributed by atoms with van der Waals surface area (Å²) in [6, 6.07) is 4.78. The molecule has 3 aromatic rings. The van der Waals surface area contributed by atoms with Crippen LogP contribution in [0.4, 0.5) is 0 Å². The van der Waals surface area contributed by atoms with E-state index >= 15 is 0 Å². The summed E-state index contributed by atoms with van der Waals surface area (Å²) in [6.07, 6.45) is 16.3. The summed E-state index contributed by atoms with van der Waals surface area (Å²) in [5, 5.41) is 7.72. The molecule has 1 aromatic carbocycles. The van der Waals surface area contributed by atoms with E-state index in [0.29, 0.717) is 0 Å². The van der Waals surface area contributed by atoms with Gasteiger partial charge in [0, 0.05) is 0 Å². The number of unbranched alkanes of at least 4 members (excludes halogenated alkanes) is 8. The van der Waals surface area contributed by atoms with Gasteiger partial charge in [-0.15, -0.1) is 22.7 Å². The maximum Gasteiger partial charge on any atom is 0.0523 e. The highest BCUT2D eigenvalue weighted by molar-refractivity contribution is 7.25. The molecule has 0 bridgehead atoms. The zero-order valence-corrected chi connectivity index (χ0v) is 18.2. The predicted molar refractivity (Wildman–Crippen MR) is 122 cm³/mol. The van der Waals surface area contributed by atoms with Gasteiger partial charge in [-0.1, -0.05) is 65.2 Å². The van der Waals surface area contributed by atoms with Crippen LogP contribution in [0.3, 0.4) is 0 Å². The van der Waals surface area contributed by atoms with Gasteiger partial charge >= 0.3 is 0 Å². The first kappa shape index (κ1) is 19.9. The van der Waals surface area contributed by atoms with Crippen molar-refractivity contribution in [3.63, 3.8) is 0 Å². The van der Waals surface area contributed by atoms with Crippen molar-refractivity contribution >= 4 is 42.8 Å². The molecule has 0 radical (unpaired) electrons. The van der Waals surface area contributed by atoms with Crippen LogP contribution in [-0.2, 0) is 12.8 Å². The number of benzene rings is 1. The van der Waals surface area contributed by atoms with E-state index < -0.39 is 0 Å². The minimum absolute atomic E-state index is 1.27. The molecule has 0 aliphatic rings. The Labute approximate surface area is 167 Å². The Morgan fingerprint density at radius 2 is 1.00 bits per heavy atom. The third kappa shape index (κ3) is 4.70. The van der Waals surface area contributed by atoms with Crippen LogP contribution in [-0.4, -0.2) is 0 Å². The summed E-state index contributed by atoms with van der Waals surface area (Å²) < 4.78 is 3.07. The molecule has 0 fully saturated rings. The van der Waals surface area contributed by atoms with Crippen LogP contribution in [0.1, 0.15) is 89.2 Å². The quantitative estimate of drug-likeness (QED) is 0.272. The van der Waals surface area contributed by atoms with Gasteiger partial charge in [-0.3, -0.25) is 0 Å². The largest absolute Gasteiger partial charge is 0.142 e. The average molecular weight is 387 g/mol. The van der Waals surface area contributed by atoms with E-state index in [-0.39, 0.29) is 0 Å². The molecule has 3 rings (SSSR count). The zero-order valence-electron chi connectivity index (χ0n) is 16.6. The lowest BCUT2D eigenvalue weighted by Gasteiger charge is -2.14. The lowest BCUT2D eigenvalue weighted by Crippen LogP contribution is -1.98. The molecule has 2 heterocycles. The van der Waals surface area contributed by atoms with E-state index in [1.165, 1.54) is 86.4 Å². The molecule has 2 aromatic heterocycles. The maximum absolute atomic E-state index is 2.39. The van der Waals surface area contributed by atoms with E-state index in [1.54, 1.807) is 21.9 Å². The lowest BCUT2D eigenvalue weighted by atomic mass is 9.91. The molecule has 0 saturated carbocycles. The summed E-state index contributed by atoms with van der Waals surface area (Å²) in [6.45, 7) is 4.60.